The summed E-state index contributed by atoms with van der Waals surface area (Å²) in [7, 11) is 0. The Balaban J connectivity index is 2.96. The quantitative estimate of drug-likeness (QED) is 0.515. The summed E-state index contributed by atoms with van der Waals surface area (Å²) in [6, 6.07) is 0. The Morgan fingerprint density at radius 1 is 1.06 bits per heavy atom. The van der Waals surface area contributed by atoms with Gasteiger partial charge in [0.05, 0.1) is 6.54 Å². The van der Waals surface area contributed by atoms with Crippen molar-refractivity contribution >= 4 is 5.91 Å². The average molecular weight is 244 g/mol. The van der Waals surface area contributed by atoms with Gasteiger partial charge < -0.3 is 15.8 Å². The van der Waals surface area contributed by atoms with Crippen LogP contribution in [-0.4, -0.2) is 32.2 Å². The van der Waals surface area contributed by atoms with Gasteiger partial charge in [-0.05, 0) is 12.8 Å². The molecule has 17 heavy (non-hydrogen) atoms. The Hall–Kier alpha value is -0.610. The third-order valence-corrected chi connectivity index (χ3v) is 2.62. The molecule has 0 aromatic rings. The largest absolute Gasteiger partial charge is 0.381 e. The maximum Gasteiger partial charge on any atom is 0.233 e. The SMILES string of the molecule is CCCCCCCCOCCCNC(=O)CN. The van der Waals surface area contributed by atoms with Crippen molar-refractivity contribution in [3.8, 4) is 0 Å². The molecule has 0 bridgehead atoms. The smallest absolute Gasteiger partial charge is 0.233 e. The van der Waals surface area contributed by atoms with Crippen molar-refractivity contribution in [1.29, 1.82) is 0 Å². The highest BCUT2D eigenvalue weighted by Gasteiger charge is 1.95. The molecule has 0 spiro atoms. The minimum atomic E-state index is -0.0964. The van der Waals surface area contributed by atoms with Crippen LogP contribution in [0.15, 0.2) is 0 Å². The summed E-state index contributed by atoms with van der Waals surface area (Å²) >= 11 is 0. The zero-order valence-electron chi connectivity index (χ0n) is 11.2. The topological polar surface area (TPSA) is 64.3 Å². The molecule has 0 saturated carbocycles. The number of hydrogen-bond acceptors (Lipinski definition) is 3. The van der Waals surface area contributed by atoms with Crippen molar-refractivity contribution in [2.24, 2.45) is 5.73 Å². The van der Waals surface area contributed by atoms with Gasteiger partial charge in [0.2, 0.25) is 5.91 Å². The maximum atomic E-state index is 10.8. The highest BCUT2D eigenvalue weighted by molar-refractivity contribution is 5.77. The molecule has 4 heteroatoms. The van der Waals surface area contributed by atoms with E-state index < -0.39 is 0 Å². The molecule has 0 saturated heterocycles. The summed E-state index contributed by atoms with van der Waals surface area (Å²) < 4.78 is 5.47. The van der Waals surface area contributed by atoms with E-state index in [2.05, 4.69) is 12.2 Å². The van der Waals surface area contributed by atoms with Gasteiger partial charge in [-0.25, -0.2) is 0 Å². The predicted molar refractivity (Wildman–Crippen MR) is 70.9 cm³/mol. The lowest BCUT2D eigenvalue weighted by molar-refractivity contribution is -0.119. The standard InChI is InChI=1S/C13H28N2O2/c1-2-3-4-5-6-7-10-17-11-8-9-15-13(16)12-14/h2-12,14H2,1H3,(H,15,16). The molecule has 102 valence electrons. The Bertz CT molecular complexity index is 175. The molecule has 0 aliphatic carbocycles. The molecule has 0 rings (SSSR count). The van der Waals surface area contributed by atoms with Crippen molar-refractivity contribution in [1.82, 2.24) is 5.32 Å². The van der Waals surface area contributed by atoms with E-state index in [1.807, 2.05) is 0 Å². The van der Waals surface area contributed by atoms with Crippen molar-refractivity contribution in [2.45, 2.75) is 51.9 Å². The second kappa shape index (κ2) is 13.5. The summed E-state index contributed by atoms with van der Waals surface area (Å²) in [5.74, 6) is -0.0964. The van der Waals surface area contributed by atoms with Crippen LogP contribution in [0.2, 0.25) is 0 Å². The van der Waals surface area contributed by atoms with Crippen molar-refractivity contribution in [3.63, 3.8) is 0 Å². The molecule has 0 radical (unpaired) electrons. The van der Waals surface area contributed by atoms with Crippen LogP contribution in [0.25, 0.3) is 0 Å². The fourth-order valence-electron chi connectivity index (χ4n) is 1.56. The molecule has 0 aromatic heterocycles. The van der Waals surface area contributed by atoms with Crippen LogP contribution in [0.1, 0.15) is 51.9 Å². The molecular weight excluding hydrogens is 216 g/mol. The van der Waals surface area contributed by atoms with Crippen LogP contribution in [0.5, 0.6) is 0 Å². The Morgan fingerprint density at radius 2 is 1.71 bits per heavy atom. The lowest BCUT2D eigenvalue weighted by Crippen LogP contribution is -2.31. The van der Waals surface area contributed by atoms with Gasteiger partial charge in [0.15, 0.2) is 0 Å². The second-order valence-corrected chi connectivity index (χ2v) is 4.29. The van der Waals surface area contributed by atoms with E-state index in [0.717, 1.165) is 26.1 Å². The normalized spacial score (nSPS) is 10.5. The van der Waals surface area contributed by atoms with Crippen LogP contribution in [0.4, 0.5) is 0 Å². The van der Waals surface area contributed by atoms with Gasteiger partial charge in [0, 0.05) is 19.8 Å². The number of amides is 1. The molecular formula is C13H28N2O2. The fraction of sp³-hybridized carbons (Fsp3) is 0.923. The van der Waals surface area contributed by atoms with Gasteiger partial charge in [-0.1, -0.05) is 39.0 Å². The Kier molecular flexibility index (Phi) is 13.0. The Labute approximate surface area is 105 Å². The van der Waals surface area contributed by atoms with Crippen LogP contribution in [-0.2, 0) is 9.53 Å². The van der Waals surface area contributed by atoms with Crippen molar-refractivity contribution in [2.75, 3.05) is 26.3 Å². The highest BCUT2D eigenvalue weighted by Crippen LogP contribution is 2.04. The predicted octanol–water partition coefficient (Wildman–Crippen LogP) is 1.83. The molecule has 0 aromatic carbocycles. The first-order valence-electron chi connectivity index (χ1n) is 6.85. The van der Waals surface area contributed by atoms with Crippen LogP contribution in [0, 0.1) is 0 Å². The molecule has 0 fully saturated rings. The maximum absolute atomic E-state index is 10.8. The third kappa shape index (κ3) is 13.3. The van der Waals surface area contributed by atoms with Crippen LogP contribution < -0.4 is 11.1 Å². The molecule has 3 N–H and O–H groups in total. The number of nitrogens with two attached hydrogens (primary N) is 1. The number of carbonyl (C=O) groups excluding carboxylic acids is 1. The van der Waals surface area contributed by atoms with Gasteiger partial charge in [-0.2, -0.15) is 0 Å². The third-order valence-electron chi connectivity index (χ3n) is 2.62. The first-order valence-corrected chi connectivity index (χ1v) is 6.85. The molecule has 1 amide bonds. The first-order chi connectivity index (χ1) is 8.31. The van der Waals surface area contributed by atoms with E-state index in [4.69, 9.17) is 10.5 Å². The summed E-state index contributed by atoms with van der Waals surface area (Å²) in [5, 5.41) is 2.71. The minimum Gasteiger partial charge on any atom is -0.381 e. The van der Waals surface area contributed by atoms with E-state index in [1.54, 1.807) is 0 Å². The number of nitrogens with one attached hydrogen (secondary N) is 1. The van der Waals surface area contributed by atoms with Gasteiger partial charge in [-0.15, -0.1) is 0 Å². The molecule has 4 nitrogen and oxygen atoms in total. The van der Waals surface area contributed by atoms with Gasteiger partial charge >= 0.3 is 0 Å². The van der Waals surface area contributed by atoms with E-state index in [1.165, 1.54) is 32.1 Å². The number of hydrogen-bond donors (Lipinski definition) is 2. The summed E-state index contributed by atoms with van der Waals surface area (Å²) in [4.78, 5) is 10.8. The minimum absolute atomic E-state index is 0.0681. The Morgan fingerprint density at radius 3 is 2.41 bits per heavy atom. The molecule has 0 unspecified atom stereocenters. The molecule has 0 atom stereocenters. The van der Waals surface area contributed by atoms with E-state index >= 15 is 0 Å². The lowest BCUT2D eigenvalue weighted by Gasteiger charge is -2.05. The summed E-state index contributed by atoms with van der Waals surface area (Å²) in [6.07, 6.45) is 8.60. The van der Waals surface area contributed by atoms with Crippen molar-refractivity contribution < 1.29 is 9.53 Å². The average Bonchev–Trinajstić information content (AvgIpc) is 2.35. The van der Waals surface area contributed by atoms with E-state index in [0.29, 0.717) is 6.54 Å². The van der Waals surface area contributed by atoms with Crippen LogP contribution in [0.3, 0.4) is 0 Å². The molecule has 0 heterocycles. The zero-order chi connectivity index (χ0) is 12.8. The second-order valence-electron chi connectivity index (χ2n) is 4.29. The van der Waals surface area contributed by atoms with E-state index in [-0.39, 0.29) is 12.5 Å². The van der Waals surface area contributed by atoms with Gasteiger partial charge in [0.25, 0.3) is 0 Å². The highest BCUT2D eigenvalue weighted by atomic mass is 16.5. The lowest BCUT2D eigenvalue weighted by atomic mass is 10.1. The molecule has 0 aliphatic rings. The first kappa shape index (κ1) is 16.4. The molecule has 0 aliphatic heterocycles. The number of ether oxygens (including phenoxy) is 1. The monoisotopic (exact) mass is 244 g/mol. The number of rotatable bonds is 12. The summed E-state index contributed by atoms with van der Waals surface area (Å²) in [6.45, 7) is 4.52. The number of unbranched alkanes of at least 4 members (excludes halogenated alkanes) is 5. The zero-order valence-corrected chi connectivity index (χ0v) is 11.2. The van der Waals surface area contributed by atoms with Gasteiger partial charge in [-0.3, -0.25) is 4.79 Å². The van der Waals surface area contributed by atoms with Crippen LogP contribution >= 0.6 is 0 Å². The fourth-order valence-corrected chi connectivity index (χ4v) is 1.56. The summed E-state index contributed by atoms with van der Waals surface area (Å²) in [5.41, 5.74) is 5.16. The van der Waals surface area contributed by atoms with Gasteiger partial charge in [0.1, 0.15) is 0 Å². The number of carbonyl (C=O) groups is 1. The van der Waals surface area contributed by atoms with Crippen molar-refractivity contribution in [3.05, 3.63) is 0 Å². The van der Waals surface area contributed by atoms with E-state index in [9.17, 15) is 4.79 Å².